The maximum Gasteiger partial charge on any atom is 0.0249 e. The van der Waals surface area contributed by atoms with Crippen LogP contribution in [0, 0.1) is 17.8 Å². The first-order chi connectivity index (χ1) is 12.3. The molecule has 0 N–H and O–H groups in total. The number of rotatable bonds is 9. The minimum Gasteiger partial charge on any atom is -0.0726 e. The van der Waals surface area contributed by atoms with Crippen molar-refractivity contribution in [2.75, 3.05) is 0 Å². The van der Waals surface area contributed by atoms with Gasteiger partial charge in [0.2, 0.25) is 0 Å². The molecule has 0 heterocycles. The van der Waals surface area contributed by atoms with Crippen molar-refractivity contribution < 1.29 is 0 Å². The molecule has 1 atom stereocenters. The normalized spacial score (nSPS) is 16.9. The first-order valence-corrected chi connectivity index (χ1v) is 10.6. The molecule has 0 saturated heterocycles. The van der Waals surface area contributed by atoms with Gasteiger partial charge in [0.15, 0.2) is 0 Å². The molecule has 1 aliphatic rings. The molecule has 0 fully saturated rings. The van der Waals surface area contributed by atoms with E-state index < -0.39 is 0 Å². The van der Waals surface area contributed by atoms with Gasteiger partial charge in [0.05, 0.1) is 0 Å². The molecule has 1 aromatic rings. The molecular weight excluding hydrogens is 300 g/mol. The van der Waals surface area contributed by atoms with Crippen LogP contribution in [-0.2, 0) is 6.42 Å². The van der Waals surface area contributed by atoms with Gasteiger partial charge in [-0.3, -0.25) is 0 Å². The van der Waals surface area contributed by atoms with Crippen LogP contribution in [0.2, 0.25) is 0 Å². The smallest absolute Gasteiger partial charge is 0.0249 e. The SMILES string of the molecule is CCCCCCC1CC=C(C#Cc2ccc(CCCCC)cc2)CC1. The van der Waals surface area contributed by atoms with Gasteiger partial charge in [0.1, 0.15) is 0 Å². The molecule has 25 heavy (non-hydrogen) atoms. The summed E-state index contributed by atoms with van der Waals surface area (Å²) in [7, 11) is 0. The van der Waals surface area contributed by atoms with E-state index in [1.54, 1.807) is 0 Å². The van der Waals surface area contributed by atoms with Crippen LogP contribution in [0.25, 0.3) is 0 Å². The predicted octanol–water partition coefficient (Wildman–Crippen LogP) is 7.47. The molecule has 0 nitrogen and oxygen atoms in total. The Bertz CT molecular complexity index is 564. The largest absolute Gasteiger partial charge is 0.0726 e. The minimum absolute atomic E-state index is 0.907. The van der Waals surface area contributed by atoms with Crippen molar-refractivity contribution in [2.45, 2.75) is 90.9 Å². The fourth-order valence-corrected chi connectivity index (χ4v) is 3.61. The van der Waals surface area contributed by atoms with Crippen LogP contribution in [0.3, 0.4) is 0 Å². The summed E-state index contributed by atoms with van der Waals surface area (Å²) in [5, 5.41) is 0. The Kier molecular flexibility index (Phi) is 9.50. The van der Waals surface area contributed by atoms with E-state index in [4.69, 9.17) is 0 Å². The van der Waals surface area contributed by atoms with Crippen molar-refractivity contribution in [3.63, 3.8) is 0 Å². The number of unbranched alkanes of at least 4 members (excludes halogenated alkanes) is 5. The average Bonchev–Trinajstić information content (AvgIpc) is 2.66. The zero-order valence-corrected chi connectivity index (χ0v) is 16.4. The van der Waals surface area contributed by atoms with Crippen molar-refractivity contribution in [1.29, 1.82) is 0 Å². The monoisotopic (exact) mass is 336 g/mol. The Morgan fingerprint density at radius 3 is 2.32 bits per heavy atom. The highest BCUT2D eigenvalue weighted by atomic mass is 14.2. The Morgan fingerprint density at radius 1 is 0.880 bits per heavy atom. The lowest BCUT2D eigenvalue weighted by molar-refractivity contribution is 0.417. The molecule has 0 bridgehead atoms. The molecule has 1 unspecified atom stereocenters. The van der Waals surface area contributed by atoms with E-state index in [9.17, 15) is 0 Å². The molecule has 0 saturated carbocycles. The van der Waals surface area contributed by atoms with Crippen LogP contribution < -0.4 is 0 Å². The first kappa shape index (κ1) is 19.8. The van der Waals surface area contributed by atoms with Gasteiger partial charge >= 0.3 is 0 Å². The second-order valence-corrected chi connectivity index (χ2v) is 7.62. The summed E-state index contributed by atoms with van der Waals surface area (Å²) < 4.78 is 0. The van der Waals surface area contributed by atoms with E-state index in [-0.39, 0.29) is 0 Å². The van der Waals surface area contributed by atoms with Crippen molar-refractivity contribution >= 4 is 0 Å². The third-order valence-electron chi connectivity index (χ3n) is 5.38. The van der Waals surface area contributed by atoms with E-state index in [1.165, 1.54) is 88.2 Å². The lowest BCUT2D eigenvalue weighted by Gasteiger charge is -2.19. The summed E-state index contributed by atoms with van der Waals surface area (Å²) >= 11 is 0. The number of aryl methyl sites for hydroxylation is 1. The third kappa shape index (κ3) is 7.96. The van der Waals surface area contributed by atoms with Gasteiger partial charge in [-0.25, -0.2) is 0 Å². The van der Waals surface area contributed by atoms with Crippen molar-refractivity contribution in [2.24, 2.45) is 5.92 Å². The lowest BCUT2D eigenvalue weighted by atomic mass is 9.86. The average molecular weight is 337 g/mol. The quantitative estimate of drug-likeness (QED) is 0.324. The van der Waals surface area contributed by atoms with E-state index >= 15 is 0 Å². The highest BCUT2D eigenvalue weighted by Crippen LogP contribution is 2.27. The van der Waals surface area contributed by atoms with Gasteiger partial charge < -0.3 is 0 Å². The zero-order chi connectivity index (χ0) is 17.7. The molecule has 2 rings (SSSR count). The van der Waals surface area contributed by atoms with Gasteiger partial charge in [0.25, 0.3) is 0 Å². The molecule has 0 radical (unpaired) electrons. The molecule has 0 spiro atoms. The highest BCUT2D eigenvalue weighted by molar-refractivity contribution is 5.42. The fraction of sp³-hybridized carbons (Fsp3) is 0.600. The van der Waals surface area contributed by atoms with Gasteiger partial charge in [-0.15, -0.1) is 0 Å². The Labute approximate surface area is 156 Å². The van der Waals surface area contributed by atoms with Crippen LogP contribution in [-0.4, -0.2) is 0 Å². The first-order valence-electron chi connectivity index (χ1n) is 10.6. The standard InChI is InChI=1S/C25H36/c1-3-5-7-9-11-23-14-18-25(19-15-23)21-20-24-16-12-22(13-17-24)10-8-6-4-2/h12-13,16-18,23H,3-11,14-15,19H2,1-2H3. The second-order valence-electron chi connectivity index (χ2n) is 7.62. The van der Waals surface area contributed by atoms with E-state index in [0.717, 1.165) is 11.5 Å². The summed E-state index contributed by atoms with van der Waals surface area (Å²) in [6.07, 6.45) is 18.3. The molecule has 0 amide bonds. The van der Waals surface area contributed by atoms with Gasteiger partial charge in [-0.05, 0) is 61.3 Å². The Balaban J connectivity index is 1.76. The summed E-state index contributed by atoms with van der Waals surface area (Å²) in [6, 6.07) is 8.88. The Hall–Kier alpha value is -1.48. The van der Waals surface area contributed by atoms with Crippen LogP contribution in [0.15, 0.2) is 35.9 Å². The number of allylic oxidation sites excluding steroid dienone is 2. The van der Waals surface area contributed by atoms with Crippen molar-refractivity contribution in [1.82, 2.24) is 0 Å². The van der Waals surface area contributed by atoms with Crippen LogP contribution in [0.5, 0.6) is 0 Å². The summed E-state index contributed by atoms with van der Waals surface area (Å²) in [5.41, 5.74) is 3.96. The van der Waals surface area contributed by atoms with Crippen LogP contribution in [0.1, 0.15) is 95.6 Å². The van der Waals surface area contributed by atoms with E-state index in [0.29, 0.717) is 0 Å². The summed E-state index contributed by atoms with van der Waals surface area (Å²) in [5.74, 6) is 7.69. The number of hydrogen-bond acceptors (Lipinski definition) is 0. The minimum atomic E-state index is 0.907. The number of benzene rings is 1. The maximum absolute atomic E-state index is 3.42. The van der Waals surface area contributed by atoms with Crippen molar-refractivity contribution in [3.05, 3.63) is 47.0 Å². The molecule has 0 aliphatic heterocycles. The van der Waals surface area contributed by atoms with Gasteiger partial charge in [-0.1, -0.05) is 88.8 Å². The third-order valence-corrected chi connectivity index (χ3v) is 5.38. The molecule has 0 heteroatoms. The summed E-state index contributed by atoms with van der Waals surface area (Å²) in [4.78, 5) is 0. The summed E-state index contributed by atoms with van der Waals surface area (Å²) in [6.45, 7) is 4.54. The predicted molar refractivity (Wildman–Crippen MR) is 111 cm³/mol. The zero-order valence-electron chi connectivity index (χ0n) is 16.4. The molecule has 1 aromatic carbocycles. The van der Waals surface area contributed by atoms with Crippen LogP contribution >= 0.6 is 0 Å². The van der Waals surface area contributed by atoms with Crippen LogP contribution in [0.4, 0.5) is 0 Å². The van der Waals surface area contributed by atoms with Gasteiger partial charge in [-0.2, -0.15) is 0 Å². The highest BCUT2D eigenvalue weighted by Gasteiger charge is 2.12. The molecule has 136 valence electrons. The molecular formula is C25H36. The Morgan fingerprint density at radius 2 is 1.64 bits per heavy atom. The molecule has 0 aromatic heterocycles. The van der Waals surface area contributed by atoms with Gasteiger partial charge in [0, 0.05) is 5.56 Å². The molecule has 1 aliphatic carbocycles. The second kappa shape index (κ2) is 12.0. The topological polar surface area (TPSA) is 0 Å². The lowest BCUT2D eigenvalue weighted by Crippen LogP contribution is -2.05. The van der Waals surface area contributed by atoms with Crippen molar-refractivity contribution in [3.8, 4) is 11.8 Å². The fourth-order valence-electron chi connectivity index (χ4n) is 3.61. The number of hydrogen-bond donors (Lipinski definition) is 0. The van der Waals surface area contributed by atoms with E-state index in [2.05, 4.69) is 56.0 Å². The van der Waals surface area contributed by atoms with E-state index in [1.807, 2.05) is 0 Å². The maximum atomic E-state index is 3.42.